The third kappa shape index (κ3) is 3.81. The summed E-state index contributed by atoms with van der Waals surface area (Å²) in [4.78, 5) is 5.94. The fourth-order valence-corrected chi connectivity index (χ4v) is 2.99. The Morgan fingerprint density at radius 2 is 2.14 bits per heavy atom. The molecule has 0 saturated carbocycles. The zero-order valence-electron chi connectivity index (χ0n) is 11.8. The highest BCUT2D eigenvalue weighted by molar-refractivity contribution is 9.10. The van der Waals surface area contributed by atoms with Crippen LogP contribution in [-0.4, -0.2) is 29.1 Å². The summed E-state index contributed by atoms with van der Waals surface area (Å²) in [6.07, 6.45) is 0.860. The predicted octanol–water partition coefficient (Wildman–Crippen LogP) is 3.78. The van der Waals surface area contributed by atoms with E-state index in [9.17, 15) is 8.78 Å². The van der Waals surface area contributed by atoms with E-state index in [2.05, 4.69) is 25.8 Å². The molecule has 1 aromatic carbocycles. The van der Waals surface area contributed by atoms with Crippen LogP contribution in [0.5, 0.6) is 5.88 Å². The van der Waals surface area contributed by atoms with Crippen molar-refractivity contribution in [3.63, 3.8) is 0 Å². The average molecular weight is 369 g/mol. The summed E-state index contributed by atoms with van der Waals surface area (Å²) in [5.41, 5.74) is 1.04. The van der Waals surface area contributed by atoms with Crippen LogP contribution in [-0.2, 0) is 6.54 Å². The highest BCUT2D eigenvalue weighted by Crippen LogP contribution is 2.21. The van der Waals surface area contributed by atoms with E-state index in [1.54, 1.807) is 24.3 Å². The van der Waals surface area contributed by atoms with Gasteiger partial charge in [0.1, 0.15) is 11.9 Å². The van der Waals surface area contributed by atoms with E-state index in [1.807, 2.05) is 0 Å². The van der Waals surface area contributed by atoms with E-state index in [0.717, 1.165) is 31.6 Å². The highest BCUT2D eigenvalue weighted by atomic mass is 79.9. The molecule has 2 aromatic rings. The van der Waals surface area contributed by atoms with Gasteiger partial charge in [-0.2, -0.15) is 9.37 Å². The third-order valence-corrected chi connectivity index (χ3v) is 4.20. The van der Waals surface area contributed by atoms with Crippen LogP contribution in [0.4, 0.5) is 8.78 Å². The lowest BCUT2D eigenvalue weighted by molar-refractivity contribution is 0.189. The lowest BCUT2D eigenvalue weighted by Gasteiger charge is -2.17. The van der Waals surface area contributed by atoms with Gasteiger partial charge < -0.3 is 4.74 Å². The van der Waals surface area contributed by atoms with Crippen molar-refractivity contribution in [2.24, 2.45) is 0 Å². The van der Waals surface area contributed by atoms with Crippen molar-refractivity contribution in [1.29, 1.82) is 0 Å². The quantitative estimate of drug-likeness (QED) is 0.768. The first-order valence-electron chi connectivity index (χ1n) is 7.05. The van der Waals surface area contributed by atoms with Crippen LogP contribution >= 0.6 is 15.9 Å². The Balaban J connectivity index is 1.57. The Kier molecular flexibility index (Phi) is 4.69. The highest BCUT2D eigenvalue weighted by Gasteiger charge is 2.24. The van der Waals surface area contributed by atoms with E-state index in [1.165, 1.54) is 12.1 Å². The molecule has 0 amide bonds. The van der Waals surface area contributed by atoms with E-state index in [4.69, 9.17) is 4.74 Å². The number of pyridine rings is 1. The molecule has 0 spiro atoms. The molecular weight excluding hydrogens is 354 g/mol. The molecule has 1 saturated heterocycles. The third-order valence-electron chi connectivity index (χ3n) is 3.60. The summed E-state index contributed by atoms with van der Waals surface area (Å²) in [6, 6.07) is 9.56. The van der Waals surface area contributed by atoms with Gasteiger partial charge in [0.05, 0.1) is 4.47 Å². The maximum Gasteiger partial charge on any atom is 0.216 e. The van der Waals surface area contributed by atoms with Crippen LogP contribution in [0.2, 0.25) is 0 Å². The van der Waals surface area contributed by atoms with Crippen molar-refractivity contribution < 1.29 is 13.5 Å². The predicted molar refractivity (Wildman–Crippen MR) is 82.6 cm³/mol. The van der Waals surface area contributed by atoms with Gasteiger partial charge in [0.25, 0.3) is 0 Å². The first-order chi connectivity index (χ1) is 10.6. The number of halogens is 3. The van der Waals surface area contributed by atoms with Gasteiger partial charge in [-0.15, -0.1) is 0 Å². The Hall–Kier alpha value is -1.53. The fraction of sp³-hybridized carbons (Fsp3) is 0.312. The summed E-state index contributed by atoms with van der Waals surface area (Å²) in [5.74, 6) is -0.483. The van der Waals surface area contributed by atoms with E-state index >= 15 is 0 Å². The minimum Gasteiger partial charge on any atom is -0.473 e. The number of likely N-dealkylation sites (tertiary alicyclic amines) is 1. The Bertz CT molecular complexity index is 668. The number of hydrogen-bond donors (Lipinski definition) is 0. The van der Waals surface area contributed by atoms with Crippen molar-refractivity contribution in [2.45, 2.75) is 19.1 Å². The Morgan fingerprint density at radius 1 is 1.27 bits per heavy atom. The van der Waals surface area contributed by atoms with Gasteiger partial charge in [0.15, 0.2) is 0 Å². The molecule has 1 aliphatic heterocycles. The number of hydrogen-bond acceptors (Lipinski definition) is 3. The summed E-state index contributed by atoms with van der Waals surface area (Å²) < 4.78 is 32.4. The molecule has 0 N–H and O–H groups in total. The molecule has 0 bridgehead atoms. The van der Waals surface area contributed by atoms with Crippen molar-refractivity contribution in [2.75, 3.05) is 13.1 Å². The molecule has 1 unspecified atom stereocenters. The van der Waals surface area contributed by atoms with Gasteiger partial charge in [-0.1, -0.05) is 12.1 Å². The van der Waals surface area contributed by atoms with Crippen LogP contribution in [0.25, 0.3) is 0 Å². The van der Waals surface area contributed by atoms with Gasteiger partial charge in [-0.25, -0.2) is 4.39 Å². The van der Waals surface area contributed by atoms with Crippen LogP contribution in [0, 0.1) is 11.8 Å². The first kappa shape index (κ1) is 15.4. The van der Waals surface area contributed by atoms with Crippen molar-refractivity contribution in [3.8, 4) is 5.88 Å². The van der Waals surface area contributed by atoms with Crippen LogP contribution in [0.15, 0.2) is 40.9 Å². The molecule has 3 nitrogen and oxygen atoms in total. The molecule has 6 heteroatoms. The number of nitrogens with zero attached hydrogens (tertiary/aromatic N) is 2. The topological polar surface area (TPSA) is 25.4 Å². The Morgan fingerprint density at radius 3 is 2.91 bits per heavy atom. The van der Waals surface area contributed by atoms with Gasteiger partial charge in [-0.05, 0) is 46.1 Å². The Labute approximate surface area is 136 Å². The van der Waals surface area contributed by atoms with Gasteiger partial charge in [0, 0.05) is 25.7 Å². The molecule has 1 aliphatic rings. The summed E-state index contributed by atoms with van der Waals surface area (Å²) >= 11 is 3.20. The molecule has 1 fully saturated rings. The summed E-state index contributed by atoms with van der Waals surface area (Å²) in [7, 11) is 0. The van der Waals surface area contributed by atoms with Crippen molar-refractivity contribution >= 4 is 15.9 Å². The summed E-state index contributed by atoms with van der Waals surface area (Å²) in [5, 5.41) is 0. The number of rotatable bonds is 4. The molecule has 1 atom stereocenters. The zero-order chi connectivity index (χ0) is 15.5. The van der Waals surface area contributed by atoms with Crippen molar-refractivity contribution in [1.82, 2.24) is 9.88 Å². The van der Waals surface area contributed by atoms with Gasteiger partial charge >= 0.3 is 0 Å². The lowest BCUT2D eigenvalue weighted by atomic mass is 10.2. The molecule has 22 heavy (non-hydrogen) atoms. The monoisotopic (exact) mass is 368 g/mol. The molecular formula is C16H15BrF2N2O. The van der Waals surface area contributed by atoms with Gasteiger partial charge in [-0.3, -0.25) is 4.90 Å². The van der Waals surface area contributed by atoms with E-state index in [-0.39, 0.29) is 11.9 Å². The molecule has 116 valence electrons. The maximum atomic E-state index is 13.2. The first-order valence-corrected chi connectivity index (χ1v) is 7.85. The number of ether oxygens (including phenoxy) is 1. The average Bonchev–Trinajstić information content (AvgIpc) is 2.90. The van der Waals surface area contributed by atoms with E-state index < -0.39 is 5.95 Å². The summed E-state index contributed by atoms with van der Waals surface area (Å²) in [6.45, 7) is 2.36. The molecule has 0 radical (unpaired) electrons. The second-order valence-electron chi connectivity index (χ2n) is 5.31. The zero-order valence-corrected chi connectivity index (χ0v) is 13.4. The minimum atomic E-state index is -0.538. The van der Waals surface area contributed by atoms with Gasteiger partial charge in [0.2, 0.25) is 11.8 Å². The van der Waals surface area contributed by atoms with Crippen LogP contribution in [0.3, 0.4) is 0 Å². The van der Waals surface area contributed by atoms with Crippen LogP contribution in [0.1, 0.15) is 12.0 Å². The van der Waals surface area contributed by atoms with Crippen molar-refractivity contribution in [3.05, 3.63) is 58.2 Å². The number of aromatic nitrogens is 1. The molecule has 3 rings (SSSR count). The standard InChI is InChI=1S/C16H15BrF2N2O/c17-13-8-11(4-5-14(13)18)9-21-7-6-12(10-21)22-16-3-1-2-15(19)20-16/h1-5,8,12H,6-7,9-10H2. The maximum absolute atomic E-state index is 13.2. The minimum absolute atomic E-state index is 0.00168. The molecule has 0 aliphatic carbocycles. The smallest absolute Gasteiger partial charge is 0.216 e. The second-order valence-corrected chi connectivity index (χ2v) is 6.16. The SMILES string of the molecule is Fc1cccc(OC2CCN(Cc3ccc(F)c(Br)c3)C2)n1. The lowest BCUT2D eigenvalue weighted by Crippen LogP contribution is -2.24. The largest absolute Gasteiger partial charge is 0.473 e. The second kappa shape index (κ2) is 6.71. The van der Waals surface area contributed by atoms with E-state index in [0.29, 0.717) is 10.4 Å². The molecule has 2 heterocycles. The van der Waals surface area contributed by atoms with Crippen LogP contribution < -0.4 is 4.74 Å². The fourth-order valence-electron chi connectivity index (χ4n) is 2.56. The molecule has 1 aromatic heterocycles. The normalized spacial score (nSPS) is 18.6. The number of benzene rings is 1.